The summed E-state index contributed by atoms with van der Waals surface area (Å²) in [5.41, 5.74) is 8.12. The standard InChI is InChI=1S/C44H32N4O/c45-43(42(29-10-2-1-3-11-29)39-28-46-24-25-47-39)30-18-20-33(21-19-30)48(34-22-23-41-38(27-34)37-16-8-9-17-40(37)49-41)44-35-14-6-4-12-31(35)26-32-13-5-7-15-36(32)44/h1-28,37,40,45,47H. The highest BCUT2D eigenvalue weighted by Crippen LogP contribution is 2.48. The molecule has 5 heteroatoms. The van der Waals surface area contributed by atoms with E-state index in [-0.39, 0.29) is 12.0 Å². The van der Waals surface area contributed by atoms with Gasteiger partial charge in [-0.3, -0.25) is 10.4 Å². The van der Waals surface area contributed by atoms with Crippen molar-refractivity contribution in [2.75, 3.05) is 4.90 Å². The minimum Gasteiger partial charge on any atom is -0.485 e. The lowest BCUT2D eigenvalue weighted by molar-refractivity contribution is 0.269. The van der Waals surface area contributed by atoms with E-state index < -0.39 is 0 Å². The molecule has 6 aromatic rings. The first-order valence-electron chi connectivity index (χ1n) is 16.5. The molecule has 2 aliphatic heterocycles. The first kappa shape index (κ1) is 28.7. The molecule has 2 heterocycles. The maximum Gasteiger partial charge on any atom is 0.128 e. The topological polar surface area (TPSA) is 60.7 Å². The van der Waals surface area contributed by atoms with Crippen LogP contribution in [0.3, 0.4) is 0 Å². The molecule has 2 atom stereocenters. The van der Waals surface area contributed by atoms with E-state index in [4.69, 9.17) is 4.74 Å². The number of anilines is 3. The summed E-state index contributed by atoms with van der Waals surface area (Å²) >= 11 is 0. The molecule has 0 radical (unpaired) electrons. The minimum atomic E-state index is 0.0134. The van der Waals surface area contributed by atoms with E-state index in [0.717, 1.165) is 45.2 Å². The Kier molecular flexibility index (Phi) is 7.02. The van der Waals surface area contributed by atoms with Gasteiger partial charge in [0.05, 0.1) is 23.3 Å². The van der Waals surface area contributed by atoms with Crippen molar-refractivity contribution >= 4 is 56.1 Å². The summed E-state index contributed by atoms with van der Waals surface area (Å²) in [6.45, 7) is 0. The van der Waals surface area contributed by atoms with Crippen LogP contribution in [0.15, 0.2) is 175 Å². The molecule has 6 aromatic carbocycles. The molecule has 0 aromatic heterocycles. The third-order valence-electron chi connectivity index (χ3n) is 9.52. The van der Waals surface area contributed by atoms with Crippen LogP contribution in [0.2, 0.25) is 0 Å². The van der Waals surface area contributed by atoms with Crippen molar-refractivity contribution in [3.05, 3.63) is 186 Å². The number of rotatable bonds is 6. The number of hydrogen-bond acceptors (Lipinski definition) is 5. The van der Waals surface area contributed by atoms with Crippen LogP contribution in [-0.2, 0) is 0 Å². The number of allylic oxidation sites excluding steroid dienone is 4. The fourth-order valence-corrected chi connectivity index (χ4v) is 7.23. The van der Waals surface area contributed by atoms with Gasteiger partial charge >= 0.3 is 0 Å². The fourth-order valence-electron chi connectivity index (χ4n) is 7.23. The lowest BCUT2D eigenvalue weighted by Gasteiger charge is -2.29. The van der Waals surface area contributed by atoms with Gasteiger partial charge in [-0.05, 0) is 58.8 Å². The summed E-state index contributed by atoms with van der Waals surface area (Å²) in [5.74, 6) is 1.10. The molecular formula is C44H32N4O. The Labute approximate surface area is 285 Å². The number of aliphatic imine (C=N–C) groups is 1. The first-order chi connectivity index (χ1) is 24.2. The van der Waals surface area contributed by atoms with Crippen LogP contribution < -0.4 is 15.0 Å². The molecule has 0 saturated heterocycles. The second-order valence-electron chi connectivity index (χ2n) is 12.4. The van der Waals surface area contributed by atoms with Crippen molar-refractivity contribution in [2.24, 2.45) is 4.99 Å². The molecule has 0 bridgehead atoms. The van der Waals surface area contributed by atoms with Crippen LogP contribution >= 0.6 is 0 Å². The molecular weight excluding hydrogens is 601 g/mol. The number of fused-ring (bicyclic) bond motifs is 5. The number of nitrogens with one attached hydrogen (secondary N) is 2. The Morgan fingerprint density at radius 2 is 1.39 bits per heavy atom. The zero-order valence-corrected chi connectivity index (χ0v) is 26.6. The van der Waals surface area contributed by atoms with Crippen LogP contribution in [0.4, 0.5) is 17.1 Å². The SMILES string of the molecule is N=C(C(=C1C=NC=CN1)c1ccccc1)c1ccc(N(c2ccc3c(c2)C2C=CC=CC2O3)c2c3ccccc3cc3ccccc23)cc1. The quantitative estimate of drug-likeness (QED) is 0.142. The van der Waals surface area contributed by atoms with Gasteiger partial charge in [-0.1, -0.05) is 109 Å². The van der Waals surface area contributed by atoms with E-state index in [0.29, 0.717) is 5.71 Å². The number of hydrogen-bond donors (Lipinski definition) is 2. The molecule has 2 unspecified atom stereocenters. The van der Waals surface area contributed by atoms with E-state index in [2.05, 4.69) is 137 Å². The Bertz CT molecular complexity index is 2360. The highest BCUT2D eigenvalue weighted by atomic mass is 16.5. The average Bonchev–Trinajstić information content (AvgIpc) is 3.54. The number of benzene rings is 6. The van der Waals surface area contributed by atoms with Gasteiger partial charge in [-0.2, -0.15) is 0 Å². The van der Waals surface area contributed by atoms with Gasteiger partial charge in [0.25, 0.3) is 0 Å². The van der Waals surface area contributed by atoms with E-state index in [1.807, 2.05) is 30.3 Å². The van der Waals surface area contributed by atoms with E-state index in [9.17, 15) is 5.41 Å². The molecule has 9 rings (SSSR count). The Hall–Kier alpha value is -6.46. The van der Waals surface area contributed by atoms with Crippen LogP contribution in [-0.4, -0.2) is 18.0 Å². The normalized spacial score (nSPS) is 18.1. The van der Waals surface area contributed by atoms with Gasteiger partial charge in [0.2, 0.25) is 0 Å². The summed E-state index contributed by atoms with van der Waals surface area (Å²) in [6, 6.07) is 44.5. The van der Waals surface area contributed by atoms with Crippen molar-refractivity contribution in [1.29, 1.82) is 5.41 Å². The summed E-state index contributed by atoms with van der Waals surface area (Å²) in [5, 5.41) is 17.4. The second kappa shape index (κ2) is 12.0. The maximum atomic E-state index is 9.43. The lowest BCUT2D eigenvalue weighted by Crippen LogP contribution is -2.17. The zero-order chi connectivity index (χ0) is 32.7. The summed E-state index contributed by atoms with van der Waals surface area (Å²) in [7, 11) is 0. The summed E-state index contributed by atoms with van der Waals surface area (Å²) < 4.78 is 6.35. The van der Waals surface area contributed by atoms with Crippen molar-refractivity contribution in [2.45, 2.75) is 12.0 Å². The molecule has 0 amide bonds. The van der Waals surface area contributed by atoms with Crippen LogP contribution in [0.1, 0.15) is 22.6 Å². The number of ether oxygens (including phenoxy) is 1. The van der Waals surface area contributed by atoms with Gasteiger partial charge in [-0.15, -0.1) is 0 Å². The van der Waals surface area contributed by atoms with Gasteiger partial charge in [0, 0.05) is 57.2 Å². The molecule has 2 N–H and O–H groups in total. The predicted molar refractivity (Wildman–Crippen MR) is 203 cm³/mol. The Balaban J connectivity index is 1.21. The van der Waals surface area contributed by atoms with Gasteiger partial charge in [0.1, 0.15) is 11.9 Å². The molecule has 49 heavy (non-hydrogen) atoms. The monoisotopic (exact) mass is 632 g/mol. The van der Waals surface area contributed by atoms with Crippen LogP contribution in [0.25, 0.3) is 27.1 Å². The molecule has 5 nitrogen and oxygen atoms in total. The molecule has 0 saturated carbocycles. The fraction of sp³-hybridized carbons (Fsp3) is 0.0455. The van der Waals surface area contributed by atoms with Crippen molar-refractivity contribution in [3.63, 3.8) is 0 Å². The average molecular weight is 633 g/mol. The van der Waals surface area contributed by atoms with Crippen molar-refractivity contribution in [3.8, 4) is 5.75 Å². The first-order valence-corrected chi connectivity index (χ1v) is 16.5. The van der Waals surface area contributed by atoms with Crippen molar-refractivity contribution in [1.82, 2.24) is 5.32 Å². The van der Waals surface area contributed by atoms with Gasteiger partial charge in [0.15, 0.2) is 0 Å². The molecule has 1 aliphatic carbocycles. The van der Waals surface area contributed by atoms with Gasteiger partial charge < -0.3 is 15.0 Å². The number of nitrogens with zero attached hydrogens (tertiary/aromatic N) is 2. The smallest absolute Gasteiger partial charge is 0.128 e. The minimum absolute atomic E-state index is 0.0134. The Morgan fingerprint density at radius 1 is 0.694 bits per heavy atom. The lowest BCUT2D eigenvalue weighted by atomic mass is 9.91. The predicted octanol–water partition coefficient (Wildman–Crippen LogP) is 10.4. The van der Waals surface area contributed by atoms with E-state index in [1.54, 1.807) is 18.6 Å². The van der Waals surface area contributed by atoms with E-state index in [1.165, 1.54) is 27.1 Å². The highest BCUT2D eigenvalue weighted by Gasteiger charge is 2.33. The Morgan fingerprint density at radius 3 is 2.12 bits per heavy atom. The highest BCUT2D eigenvalue weighted by molar-refractivity contribution is 6.33. The van der Waals surface area contributed by atoms with E-state index >= 15 is 0 Å². The molecule has 234 valence electrons. The summed E-state index contributed by atoms with van der Waals surface area (Å²) in [4.78, 5) is 6.70. The second-order valence-corrected chi connectivity index (χ2v) is 12.4. The third kappa shape index (κ3) is 5.04. The van der Waals surface area contributed by atoms with Gasteiger partial charge in [-0.25, -0.2) is 0 Å². The molecule has 3 aliphatic rings. The summed E-state index contributed by atoms with van der Waals surface area (Å²) in [6.07, 6.45) is 13.8. The third-order valence-corrected chi connectivity index (χ3v) is 9.52. The van der Waals surface area contributed by atoms with Crippen LogP contribution in [0.5, 0.6) is 5.75 Å². The maximum absolute atomic E-state index is 9.43. The molecule has 0 spiro atoms. The van der Waals surface area contributed by atoms with Crippen LogP contribution in [0, 0.1) is 5.41 Å². The van der Waals surface area contributed by atoms with Crippen molar-refractivity contribution < 1.29 is 4.74 Å². The molecule has 0 fully saturated rings. The zero-order valence-electron chi connectivity index (χ0n) is 26.6. The largest absolute Gasteiger partial charge is 0.485 e.